The molecule has 0 saturated heterocycles. The van der Waals surface area contributed by atoms with Crippen molar-refractivity contribution in [3.05, 3.63) is 58.3 Å². The highest BCUT2D eigenvalue weighted by Gasteiger charge is 2.40. The van der Waals surface area contributed by atoms with E-state index in [0.717, 1.165) is 16.4 Å². The summed E-state index contributed by atoms with van der Waals surface area (Å²) in [5, 5.41) is 8.46. The number of amides is 2. The van der Waals surface area contributed by atoms with Crippen LogP contribution in [0.25, 0.3) is 0 Å². The summed E-state index contributed by atoms with van der Waals surface area (Å²) in [6.07, 6.45) is 0.252. The Bertz CT molecular complexity index is 858. The Kier molecular flexibility index (Phi) is 6.24. The van der Waals surface area contributed by atoms with Gasteiger partial charge >= 0.3 is 0 Å². The minimum absolute atomic E-state index is 0.0265. The average Bonchev–Trinajstić information content (AvgIpc) is 3.07. The highest BCUT2D eigenvalue weighted by Crippen LogP contribution is 2.44. The third-order valence-corrected chi connectivity index (χ3v) is 5.53. The third kappa shape index (κ3) is 4.14. The van der Waals surface area contributed by atoms with Crippen molar-refractivity contribution < 1.29 is 9.59 Å². The van der Waals surface area contributed by atoms with Crippen molar-refractivity contribution in [3.8, 4) is 0 Å². The number of carbonyl (C=O) groups is 2. The third-order valence-electron chi connectivity index (χ3n) is 4.64. The lowest BCUT2D eigenvalue weighted by Gasteiger charge is -2.36. The molecule has 0 fully saturated rings. The fraction of sp³-hybridized carbons (Fsp3) is 0.381. The zero-order valence-electron chi connectivity index (χ0n) is 16.7. The van der Waals surface area contributed by atoms with Crippen LogP contribution in [0.15, 0.2) is 57.7 Å². The number of amidine groups is 1. The van der Waals surface area contributed by atoms with Gasteiger partial charge in [-0.3, -0.25) is 9.59 Å². The number of hydrogen-bond acceptors (Lipinski definition) is 5. The van der Waals surface area contributed by atoms with E-state index in [9.17, 15) is 9.59 Å². The lowest BCUT2D eigenvalue weighted by Crippen LogP contribution is -2.40. The monoisotopic (exact) mass is 398 g/mol. The first-order chi connectivity index (χ1) is 13.4. The fourth-order valence-electron chi connectivity index (χ4n) is 3.29. The number of aliphatic imine (C=N–C) groups is 1. The van der Waals surface area contributed by atoms with Crippen LogP contribution in [0.3, 0.4) is 0 Å². The zero-order valence-corrected chi connectivity index (χ0v) is 17.5. The van der Waals surface area contributed by atoms with Gasteiger partial charge in [0, 0.05) is 19.3 Å². The van der Waals surface area contributed by atoms with Crippen LogP contribution >= 0.6 is 11.8 Å². The van der Waals surface area contributed by atoms with Gasteiger partial charge in [0.15, 0.2) is 5.17 Å². The molecule has 0 spiro atoms. The molecule has 2 N–H and O–H groups in total. The molecule has 3 rings (SSSR count). The molecule has 1 aromatic rings. The first kappa shape index (κ1) is 20.2. The molecule has 1 unspecified atom stereocenters. The molecule has 0 radical (unpaired) electrons. The van der Waals surface area contributed by atoms with E-state index in [4.69, 9.17) is 0 Å². The number of thioether (sulfide) groups is 1. The van der Waals surface area contributed by atoms with Crippen molar-refractivity contribution in [2.24, 2.45) is 10.9 Å². The molecule has 1 aromatic carbocycles. The number of nitrogens with one attached hydrogen (secondary N) is 2. The van der Waals surface area contributed by atoms with E-state index in [-0.39, 0.29) is 24.3 Å². The molecule has 0 aromatic heterocycles. The first-order valence-electron chi connectivity index (χ1n) is 9.40. The van der Waals surface area contributed by atoms with E-state index in [1.165, 1.54) is 11.8 Å². The second-order valence-corrected chi connectivity index (χ2v) is 8.09. The normalized spacial score (nSPS) is 18.6. The fourth-order valence-corrected chi connectivity index (χ4v) is 4.25. The van der Waals surface area contributed by atoms with Crippen LogP contribution in [0.4, 0.5) is 0 Å². The summed E-state index contributed by atoms with van der Waals surface area (Å²) in [6.45, 7) is 6.63. The highest BCUT2D eigenvalue weighted by molar-refractivity contribution is 8.16. The number of allylic oxidation sites excluding steroid dienone is 1. The van der Waals surface area contributed by atoms with Crippen LogP contribution in [0, 0.1) is 5.92 Å². The molecule has 28 heavy (non-hydrogen) atoms. The molecule has 0 aliphatic carbocycles. The van der Waals surface area contributed by atoms with Gasteiger partial charge < -0.3 is 15.5 Å². The van der Waals surface area contributed by atoms with Crippen molar-refractivity contribution >= 4 is 28.7 Å². The topological polar surface area (TPSA) is 73.8 Å². The number of rotatable bonds is 6. The largest absolute Gasteiger partial charge is 0.356 e. The minimum Gasteiger partial charge on any atom is -0.356 e. The van der Waals surface area contributed by atoms with Gasteiger partial charge in [-0.25, -0.2) is 4.99 Å². The van der Waals surface area contributed by atoms with Crippen LogP contribution in [-0.2, 0) is 9.59 Å². The highest BCUT2D eigenvalue weighted by atomic mass is 32.2. The molecule has 1 atom stereocenters. The van der Waals surface area contributed by atoms with Crippen molar-refractivity contribution in [2.45, 2.75) is 33.2 Å². The van der Waals surface area contributed by atoms with Gasteiger partial charge in [0.2, 0.25) is 5.91 Å². The summed E-state index contributed by atoms with van der Waals surface area (Å²) in [6, 6.07) is 9.56. The molecule has 0 bridgehead atoms. The number of benzene rings is 1. The summed E-state index contributed by atoms with van der Waals surface area (Å²) >= 11 is 1.49. The maximum absolute atomic E-state index is 12.7. The van der Waals surface area contributed by atoms with Crippen molar-refractivity contribution in [1.29, 1.82) is 0 Å². The van der Waals surface area contributed by atoms with Crippen LogP contribution in [-0.4, -0.2) is 35.5 Å². The van der Waals surface area contributed by atoms with Gasteiger partial charge in [-0.1, -0.05) is 55.9 Å². The van der Waals surface area contributed by atoms with E-state index in [1.54, 1.807) is 7.05 Å². The van der Waals surface area contributed by atoms with Crippen LogP contribution in [0.2, 0.25) is 0 Å². The number of fused-ring (bicyclic) bond motifs is 1. The molecule has 0 saturated carbocycles. The van der Waals surface area contributed by atoms with E-state index in [0.29, 0.717) is 23.7 Å². The summed E-state index contributed by atoms with van der Waals surface area (Å²) < 4.78 is 0. The Morgan fingerprint density at radius 1 is 1.25 bits per heavy atom. The molecule has 7 heteroatoms. The quantitative estimate of drug-likeness (QED) is 0.772. The Hall–Kier alpha value is -2.54. The second kappa shape index (κ2) is 8.65. The predicted octanol–water partition coefficient (Wildman–Crippen LogP) is 3.17. The van der Waals surface area contributed by atoms with Crippen molar-refractivity contribution in [3.63, 3.8) is 0 Å². The van der Waals surface area contributed by atoms with Gasteiger partial charge in [0.1, 0.15) is 0 Å². The summed E-state index contributed by atoms with van der Waals surface area (Å²) in [5.74, 6) is 0.210. The van der Waals surface area contributed by atoms with Crippen LogP contribution < -0.4 is 10.6 Å². The van der Waals surface area contributed by atoms with Gasteiger partial charge in [0.05, 0.1) is 23.7 Å². The van der Waals surface area contributed by atoms with E-state index in [2.05, 4.69) is 29.5 Å². The standard InChI is InChI=1S/C21H26N4O2S/c1-13(2)11-23-17(26)10-16-12-28-21-24-14(3)18(20(27)22-4)19(25(16)21)15-8-6-5-7-9-15/h5-9,12-13,19H,10-11H2,1-4H3,(H,22,27)(H,23,26). The number of nitrogens with zero attached hydrogens (tertiary/aromatic N) is 2. The van der Waals surface area contributed by atoms with Gasteiger partial charge in [0.25, 0.3) is 5.91 Å². The Morgan fingerprint density at radius 2 is 1.96 bits per heavy atom. The molecule has 2 aliphatic rings. The minimum atomic E-state index is -0.312. The Labute approximate surface area is 170 Å². The molecule has 6 nitrogen and oxygen atoms in total. The summed E-state index contributed by atoms with van der Waals surface area (Å²) in [7, 11) is 1.62. The zero-order chi connectivity index (χ0) is 20.3. The second-order valence-electron chi connectivity index (χ2n) is 7.26. The van der Waals surface area contributed by atoms with Crippen molar-refractivity contribution in [1.82, 2.24) is 15.5 Å². The molecule has 2 amide bonds. The Balaban J connectivity index is 1.95. The van der Waals surface area contributed by atoms with Crippen molar-refractivity contribution in [2.75, 3.05) is 13.6 Å². The van der Waals surface area contributed by atoms with Gasteiger partial charge in [-0.15, -0.1) is 0 Å². The molecule has 2 aliphatic heterocycles. The lowest BCUT2D eigenvalue weighted by atomic mass is 9.93. The predicted molar refractivity (Wildman–Crippen MR) is 113 cm³/mol. The number of hydrogen-bond donors (Lipinski definition) is 2. The summed E-state index contributed by atoms with van der Waals surface area (Å²) in [5.41, 5.74) is 3.15. The summed E-state index contributed by atoms with van der Waals surface area (Å²) in [4.78, 5) is 31.8. The molecular formula is C21H26N4O2S. The smallest absolute Gasteiger partial charge is 0.251 e. The van der Waals surface area contributed by atoms with Gasteiger partial charge in [-0.05, 0) is 23.8 Å². The maximum atomic E-state index is 12.7. The van der Waals surface area contributed by atoms with Crippen LogP contribution in [0.1, 0.15) is 38.8 Å². The van der Waals surface area contributed by atoms with Crippen LogP contribution in [0.5, 0.6) is 0 Å². The molecule has 2 heterocycles. The molecular weight excluding hydrogens is 372 g/mol. The lowest BCUT2D eigenvalue weighted by molar-refractivity contribution is -0.120. The SMILES string of the molecule is CNC(=O)C1=C(C)N=C2SC=C(CC(=O)NCC(C)C)N2C1c1ccccc1. The maximum Gasteiger partial charge on any atom is 0.251 e. The molecule has 148 valence electrons. The average molecular weight is 399 g/mol. The van der Waals surface area contributed by atoms with E-state index in [1.807, 2.05) is 47.6 Å². The van der Waals surface area contributed by atoms with E-state index < -0.39 is 0 Å². The number of carbonyl (C=O) groups excluding carboxylic acids is 2. The van der Waals surface area contributed by atoms with E-state index >= 15 is 0 Å². The Morgan fingerprint density at radius 3 is 2.61 bits per heavy atom. The van der Waals surface area contributed by atoms with Gasteiger partial charge in [-0.2, -0.15) is 0 Å². The first-order valence-corrected chi connectivity index (χ1v) is 10.3. The number of likely N-dealkylation sites (N-methyl/N-ethyl adjacent to an activating group) is 1.